The second kappa shape index (κ2) is 11.2. The third-order valence-corrected chi connectivity index (χ3v) is 10.6. The highest BCUT2D eigenvalue weighted by Gasteiger charge is 2.13. The van der Waals surface area contributed by atoms with Crippen molar-refractivity contribution >= 4 is 75.1 Å². The van der Waals surface area contributed by atoms with Gasteiger partial charge in [-0.25, -0.2) is 15.0 Å². The van der Waals surface area contributed by atoms with Gasteiger partial charge >= 0.3 is 0 Å². The van der Waals surface area contributed by atoms with E-state index in [9.17, 15) is 0 Å². The Labute approximate surface area is 286 Å². The summed E-state index contributed by atoms with van der Waals surface area (Å²) < 4.78 is 2.47. The molecule has 49 heavy (non-hydrogen) atoms. The number of rotatable bonds is 3. The molecule has 10 aromatic rings. The maximum Gasteiger partial charge on any atom is 0.164 e. The van der Waals surface area contributed by atoms with E-state index in [-0.39, 0.29) is 0 Å². The molecule has 0 N–H and O–H groups in total. The number of nitrogens with zero attached hydrogens (tertiary/aromatic N) is 3. The summed E-state index contributed by atoms with van der Waals surface area (Å²) in [7, 11) is 0. The lowest BCUT2D eigenvalue weighted by Gasteiger charge is -2.08. The van der Waals surface area contributed by atoms with Crippen LogP contribution in [0.15, 0.2) is 164 Å². The molecule has 0 spiro atoms. The van der Waals surface area contributed by atoms with E-state index in [2.05, 4.69) is 164 Å². The van der Waals surface area contributed by atoms with Crippen molar-refractivity contribution in [2.75, 3.05) is 0 Å². The predicted molar refractivity (Wildman–Crippen MR) is 208 cm³/mol. The van der Waals surface area contributed by atoms with Crippen molar-refractivity contribution in [3.63, 3.8) is 0 Å². The van der Waals surface area contributed by atoms with Crippen LogP contribution < -0.4 is 0 Å². The Morgan fingerprint density at radius 1 is 0.327 bits per heavy atom. The molecule has 7 aromatic carbocycles. The van der Waals surface area contributed by atoms with E-state index in [1.165, 1.54) is 47.5 Å². The van der Waals surface area contributed by atoms with Gasteiger partial charge in [0, 0.05) is 36.5 Å². The summed E-state index contributed by atoms with van der Waals surface area (Å²) in [5, 5.41) is 9.09. The van der Waals surface area contributed by atoms with Crippen molar-refractivity contribution in [3.8, 4) is 33.6 Å². The van der Waals surface area contributed by atoms with E-state index in [0.29, 0.717) is 17.1 Å². The van der Waals surface area contributed by atoms with Crippen molar-refractivity contribution in [3.05, 3.63) is 164 Å². The van der Waals surface area contributed by atoms with Crippen LogP contribution in [0.4, 0.5) is 0 Å². The maximum absolute atomic E-state index is 5.22. The van der Waals surface area contributed by atoms with Crippen molar-refractivity contribution < 1.29 is 0 Å². The fourth-order valence-corrected chi connectivity index (χ4v) is 8.21. The molecule has 0 radical (unpaired) electrons. The van der Waals surface area contributed by atoms with Gasteiger partial charge in [0.05, 0.1) is 0 Å². The summed E-state index contributed by atoms with van der Waals surface area (Å²) in [6, 6.07) is 58.3. The zero-order valence-corrected chi connectivity index (χ0v) is 27.2. The lowest BCUT2D eigenvalue weighted by Crippen LogP contribution is -1.95. The quantitative estimate of drug-likeness (QED) is 0.193. The highest BCUT2D eigenvalue weighted by Crippen LogP contribution is 2.39. The molecule has 10 rings (SSSR count). The smallest absolute Gasteiger partial charge is 0.164 e. The number of fused-ring (bicyclic) bond motifs is 10. The molecule has 3 heterocycles. The topological polar surface area (TPSA) is 38.7 Å². The van der Waals surface area contributed by atoms with Gasteiger partial charge in [-0.1, -0.05) is 127 Å². The average Bonchev–Trinajstić information content (AvgIpc) is 3.56. The number of hydrogen-bond acceptors (Lipinski definition) is 4. The van der Waals surface area contributed by atoms with Gasteiger partial charge in [-0.05, 0) is 80.2 Å². The third kappa shape index (κ3) is 4.76. The van der Waals surface area contributed by atoms with Gasteiger partial charge in [0.25, 0.3) is 0 Å². The first kappa shape index (κ1) is 27.8. The molecular formula is C45H27N3S. The Balaban J connectivity index is 1.28. The molecule has 0 aliphatic heterocycles. The Morgan fingerprint density at radius 3 is 1.73 bits per heavy atom. The number of aromatic nitrogens is 3. The maximum atomic E-state index is 5.22. The molecule has 0 amide bonds. The van der Waals surface area contributed by atoms with Crippen LogP contribution in [0.3, 0.4) is 0 Å². The molecule has 3 aromatic heterocycles. The monoisotopic (exact) mass is 641 g/mol. The normalized spacial score (nSPS) is 11.7. The fourth-order valence-electron chi connectivity index (χ4n) is 7.09. The minimum Gasteiger partial charge on any atom is -0.208 e. The third-order valence-electron chi connectivity index (χ3n) is 9.46. The Hall–Kier alpha value is -6.23. The van der Waals surface area contributed by atoms with E-state index >= 15 is 0 Å². The summed E-state index contributed by atoms with van der Waals surface area (Å²) in [5.41, 5.74) is 6.92. The van der Waals surface area contributed by atoms with Crippen LogP contribution in [-0.4, -0.2) is 15.0 Å². The molecular weight excluding hydrogens is 615 g/mol. The highest BCUT2D eigenvalue weighted by atomic mass is 32.1. The first-order valence-corrected chi connectivity index (χ1v) is 17.3. The molecule has 0 aliphatic rings. The average molecular weight is 642 g/mol. The molecule has 0 aliphatic carbocycles. The SMILES string of the molecule is c1ccc(-c2cccc(-c3cccc(-c4nc5nc(n4)c4cccc6sc7ccc(cc7c64)c4ccccc4c4cccc5c4)c3)c2)cc1. The highest BCUT2D eigenvalue weighted by molar-refractivity contribution is 7.26. The Bertz CT molecular complexity index is 2950. The van der Waals surface area contributed by atoms with Crippen LogP contribution in [0.5, 0.6) is 0 Å². The molecule has 6 bridgehead atoms. The minimum atomic E-state index is 0.652. The second-order valence-electron chi connectivity index (χ2n) is 12.5. The van der Waals surface area contributed by atoms with E-state index in [1.807, 2.05) is 11.3 Å². The van der Waals surface area contributed by atoms with Crippen molar-refractivity contribution in [1.29, 1.82) is 0 Å². The van der Waals surface area contributed by atoms with Gasteiger partial charge < -0.3 is 0 Å². The van der Waals surface area contributed by atoms with Gasteiger partial charge in [-0.2, -0.15) is 0 Å². The zero-order valence-electron chi connectivity index (χ0n) is 26.3. The summed E-state index contributed by atoms with van der Waals surface area (Å²) >= 11 is 1.81. The van der Waals surface area contributed by atoms with Gasteiger partial charge in [0.2, 0.25) is 0 Å². The van der Waals surface area contributed by atoms with Crippen LogP contribution >= 0.6 is 11.3 Å². The molecule has 0 saturated heterocycles. The second-order valence-corrected chi connectivity index (χ2v) is 13.5. The van der Waals surface area contributed by atoms with Gasteiger partial charge in [0.15, 0.2) is 17.1 Å². The van der Waals surface area contributed by atoms with Gasteiger partial charge in [0.1, 0.15) is 0 Å². The van der Waals surface area contributed by atoms with E-state index in [1.54, 1.807) is 0 Å². The summed E-state index contributed by atoms with van der Waals surface area (Å²) in [5.74, 6) is 0.652. The van der Waals surface area contributed by atoms with Gasteiger partial charge in [-0.3, -0.25) is 0 Å². The summed E-state index contributed by atoms with van der Waals surface area (Å²) in [6.45, 7) is 0. The zero-order chi connectivity index (χ0) is 32.3. The van der Waals surface area contributed by atoms with Crippen LogP contribution in [0.2, 0.25) is 0 Å². The van der Waals surface area contributed by atoms with Crippen LogP contribution in [-0.2, 0) is 0 Å². The predicted octanol–water partition coefficient (Wildman–Crippen LogP) is 12.4. The fraction of sp³-hybridized carbons (Fsp3) is 0. The first-order valence-electron chi connectivity index (χ1n) is 16.4. The summed E-state index contributed by atoms with van der Waals surface area (Å²) in [6.07, 6.45) is 0. The number of hydrogen-bond donors (Lipinski definition) is 0. The van der Waals surface area contributed by atoms with Crippen molar-refractivity contribution in [1.82, 2.24) is 15.0 Å². The van der Waals surface area contributed by atoms with E-state index in [4.69, 9.17) is 15.0 Å². The Kier molecular flexibility index (Phi) is 6.36. The minimum absolute atomic E-state index is 0.652. The molecule has 0 fully saturated rings. The first-order chi connectivity index (χ1) is 24.2. The van der Waals surface area contributed by atoms with Crippen LogP contribution in [0.25, 0.3) is 97.4 Å². The molecule has 0 atom stereocenters. The van der Waals surface area contributed by atoms with E-state index in [0.717, 1.165) is 32.8 Å². The lowest BCUT2D eigenvalue weighted by atomic mass is 9.98. The van der Waals surface area contributed by atoms with Crippen molar-refractivity contribution in [2.45, 2.75) is 0 Å². The van der Waals surface area contributed by atoms with Crippen LogP contribution in [0, 0.1) is 0 Å². The molecule has 228 valence electrons. The van der Waals surface area contributed by atoms with Crippen molar-refractivity contribution in [2.24, 2.45) is 0 Å². The van der Waals surface area contributed by atoms with E-state index < -0.39 is 0 Å². The molecule has 0 saturated carbocycles. The molecule has 0 unspecified atom stereocenters. The van der Waals surface area contributed by atoms with Crippen LogP contribution in [0.1, 0.15) is 0 Å². The molecule has 4 heteroatoms. The summed E-state index contributed by atoms with van der Waals surface area (Å²) in [4.78, 5) is 15.6. The number of thiophene rings is 1. The molecule has 3 nitrogen and oxygen atoms in total. The largest absolute Gasteiger partial charge is 0.208 e. The Morgan fingerprint density at radius 2 is 0.918 bits per heavy atom. The standard InChI is InChI=1S/C45H27N3S/c1-2-10-28(11-3-1)29-12-6-13-30(24-29)31-14-7-16-34(25-31)43-46-44-35-17-8-15-32(26-35)36-18-4-5-19-37(36)33-22-23-40-39(27-33)42-38(45(47-43)48-44)20-9-21-41(42)49-40/h1-27H. The van der Waals surface area contributed by atoms with Gasteiger partial charge in [-0.15, -0.1) is 11.3 Å². The number of benzene rings is 7. The lowest BCUT2D eigenvalue weighted by molar-refractivity contribution is 1.18.